The Morgan fingerprint density at radius 2 is 2.40 bits per heavy atom. The lowest BCUT2D eigenvalue weighted by Gasteiger charge is -2.33. The number of hydrogen-bond donors (Lipinski definition) is 3. The fraction of sp³-hybridized carbons (Fsp3) is 0.353. The maximum absolute atomic E-state index is 11.9. The number of carbonyl (C=O) groups excluding carboxylic acids is 1. The second-order valence-electron chi connectivity index (χ2n) is 5.91. The smallest absolute Gasteiger partial charge is 0.378 e. The van der Waals surface area contributed by atoms with Crippen LogP contribution in [-0.2, 0) is 0 Å². The van der Waals surface area contributed by atoms with E-state index in [1.54, 1.807) is 18.2 Å². The van der Waals surface area contributed by atoms with Gasteiger partial charge in [0.15, 0.2) is 0 Å². The van der Waals surface area contributed by atoms with E-state index >= 15 is 0 Å². The van der Waals surface area contributed by atoms with Crippen LogP contribution in [0.15, 0.2) is 30.6 Å². The highest BCUT2D eigenvalue weighted by molar-refractivity contribution is 6.30. The van der Waals surface area contributed by atoms with Gasteiger partial charge in [-0.05, 0) is 37.5 Å². The molecule has 1 aliphatic carbocycles. The van der Waals surface area contributed by atoms with Crippen LogP contribution in [0.5, 0.6) is 6.01 Å². The zero-order chi connectivity index (χ0) is 17.7. The number of rotatable bonds is 2. The second kappa shape index (κ2) is 7.55. The Morgan fingerprint density at radius 3 is 3.16 bits per heavy atom. The summed E-state index contributed by atoms with van der Waals surface area (Å²) in [5.41, 5.74) is -0.425. The largest absolute Gasteiger partial charge is 0.415 e. The average Bonchev–Trinajstić information content (AvgIpc) is 3.06. The van der Waals surface area contributed by atoms with Gasteiger partial charge < -0.3 is 15.2 Å². The van der Waals surface area contributed by atoms with Gasteiger partial charge in [-0.2, -0.15) is 0 Å². The van der Waals surface area contributed by atoms with Crippen molar-refractivity contribution in [2.45, 2.75) is 37.3 Å². The predicted molar refractivity (Wildman–Crippen MR) is 91.1 cm³/mol. The number of aromatic amines is 1. The Hall–Kier alpha value is -2.56. The van der Waals surface area contributed by atoms with Gasteiger partial charge >= 0.3 is 12.1 Å². The molecule has 0 aliphatic heterocycles. The molecular weight excluding hydrogens is 344 g/mol. The molecule has 25 heavy (non-hydrogen) atoms. The summed E-state index contributed by atoms with van der Waals surface area (Å²) in [5, 5.41) is 21.1. The van der Waals surface area contributed by atoms with Gasteiger partial charge in [-0.25, -0.2) is 4.79 Å². The molecule has 1 aromatic heterocycles. The van der Waals surface area contributed by atoms with Crippen LogP contribution in [0.1, 0.15) is 31.2 Å². The van der Waals surface area contributed by atoms with Gasteiger partial charge in [-0.1, -0.05) is 34.6 Å². The minimum Gasteiger partial charge on any atom is -0.378 e. The minimum atomic E-state index is -1.16. The molecule has 2 atom stereocenters. The summed E-state index contributed by atoms with van der Waals surface area (Å²) in [5.74, 6) is 5.87. The van der Waals surface area contributed by atoms with Crippen LogP contribution in [-0.4, -0.2) is 38.0 Å². The van der Waals surface area contributed by atoms with Crippen molar-refractivity contribution in [3.63, 3.8) is 0 Å². The lowest BCUT2D eigenvalue weighted by atomic mass is 9.82. The highest BCUT2D eigenvalue weighted by atomic mass is 35.5. The Kier molecular flexibility index (Phi) is 5.22. The summed E-state index contributed by atoms with van der Waals surface area (Å²) in [7, 11) is 0. The fourth-order valence-corrected chi connectivity index (χ4v) is 2.96. The summed E-state index contributed by atoms with van der Waals surface area (Å²) < 4.78 is 4.96. The zero-order valence-corrected chi connectivity index (χ0v) is 14.1. The van der Waals surface area contributed by atoms with E-state index < -0.39 is 11.7 Å². The van der Waals surface area contributed by atoms with E-state index in [1.807, 2.05) is 6.07 Å². The first-order valence-corrected chi connectivity index (χ1v) is 8.26. The molecule has 0 bridgehead atoms. The van der Waals surface area contributed by atoms with E-state index in [9.17, 15) is 9.90 Å². The molecule has 3 rings (SSSR count). The highest BCUT2D eigenvalue weighted by Gasteiger charge is 2.33. The lowest BCUT2D eigenvalue weighted by Crippen LogP contribution is -2.46. The SMILES string of the molecule is O=C(N[C@H]1CCC[C@@](O)(C#Cc2cccc(Cl)c2)C1)Oc1nnc[nH]1. The van der Waals surface area contributed by atoms with E-state index in [2.05, 4.69) is 32.3 Å². The van der Waals surface area contributed by atoms with E-state index in [4.69, 9.17) is 16.3 Å². The van der Waals surface area contributed by atoms with Crippen molar-refractivity contribution in [3.8, 4) is 17.9 Å². The van der Waals surface area contributed by atoms with Crippen LogP contribution in [0, 0.1) is 11.8 Å². The molecular formula is C17H17ClN4O3. The van der Waals surface area contributed by atoms with E-state index in [0.29, 0.717) is 17.9 Å². The normalized spacial score (nSPS) is 22.6. The number of hydrogen-bond acceptors (Lipinski definition) is 5. The maximum atomic E-state index is 11.9. The van der Waals surface area contributed by atoms with Gasteiger partial charge in [0.2, 0.25) is 0 Å². The van der Waals surface area contributed by atoms with Gasteiger partial charge in [-0.15, -0.1) is 5.10 Å². The topological polar surface area (TPSA) is 100 Å². The number of aliphatic hydroxyl groups is 1. The number of amides is 1. The number of H-pyrrole nitrogens is 1. The third-order valence-electron chi connectivity index (χ3n) is 3.90. The number of carbonyl (C=O) groups is 1. The van der Waals surface area contributed by atoms with Crippen molar-refractivity contribution in [1.82, 2.24) is 20.5 Å². The Balaban J connectivity index is 1.61. The lowest BCUT2D eigenvalue weighted by molar-refractivity contribution is 0.0472. The molecule has 1 saturated carbocycles. The van der Waals surface area contributed by atoms with Crippen LogP contribution in [0.3, 0.4) is 0 Å². The standard InChI is InChI=1S/C17H17ClN4O3/c18-13-4-1-3-12(9-13)6-8-17(24)7-2-5-14(10-17)21-16(23)25-15-19-11-20-22-15/h1,3-4,9,11,14,24H,2,5,7,10H2,(H,21,23)(H,19,20,22)/t14-,17+/m0/s1. The van der Waals surface area contributed by atoms with Gasteiger partial charge in [0.05, 0.1) is 0 Å². The number of ether oxygens (including phenoxy) is 1. The van der Waals surface area contributed by atoms with E-state index in [-0.39, 0.29) is 12.1 Å². The molecule has 8 heteroatoms. The summed E-state index contributed by atoms with van der Waals surface area (Å²) in [6.07, 6.45) is 3.03. The number of nitrogens with zero attached hydrogens (tertiary/aromatic N) is 2. The molecule has 1 fully saturated rings. The van der Waals surface area contributed by atoms with Crippen LogP contribution in [0.4, 0.5) is 4.79 Å². The first-order valence-electron chi connectivity index (χ1n) is 7.88. The summed E-state index contributed by atoms with van der Waals surface area (Å²) in [6, 6.07) is 6.93. The summed E-state index contributed by atoms with van der Waals surface area (Å²) >= 11 is 5.94. The second-order valence-corrected chi connectivity index (χ2v) is 6.35. The van der Waals surface area contributed by atoms with Crippen molar-refractivity contribution < 1.29 is 14.6 Å². The Morgan fingerprint density at radius 1 is 1.52 bits per heavy atom. The molecule has 130 valence electrons. The van der Waals surface area contributed by atoms with Crippen LogP contribution in [0.2, 0.25) is 5.02 Å². The number of nitrogens with one attached hydrogen (secondary N) is 2. The van der Waals surface area contributed by atoms with Gasteiger partial charge in [0.25, 0.3) is 0 Å². The van der Waals surface area contributed by atoms with Crippen molar-refractivity contribution in [1.29, 1.82) is 0 Å². The fourth-order valence-electron chi connectivity index (χ4n) is 2.77. The van der Waals surface area contributed by atoms with Gasteiger partial charge in [0.1, 0.15) is 11.9 Å². The van der Waals surface area contributed by atoms with Crippen LogP contribution >= 0.6 is 11.6 Å². The van der Waals surface area contributed by atoms with E-state index in [1.165, 1.54) is 6.33 Å². The summed E-state index contributed by atoms with van der Waals surface area (Å²) in [4.78, 5) is 14.4. The molecule has 1 aromatic carbocycles. The molecule has 0 spiro atoms. The number of benzene rings is 1. The molecule has 1 heterocycles. The quantitative estimate of drug-likeness (QED) is 0.713. The molecule has 0 radical (unpaired) electrons. The van der Waals surface area contributed by atoms with E-state index in [0.717, 1.165) is 18.4 Å². The molecule has 7 nitrogen and oxygen atoms in total. The first-order chi connectivity index (χ1) is 12.0. The molecule has 0 unspecified atom stereocenters. The monoisotopic (exact) mass is 360 g/mol. The minimum absolute atomic E-state index is 0.0179. The Labute approximate surface area is 149 Å². The van der Waals surface area contributed by atoms with Crippen molar-refractivity contribution in [2.75, 3.05) is 0 Å². The Bertz CT molecular complexity index is 800. The third-order valence-corrected chi connectivity index (χ3v) is 4.13. The van der Waals surface area contributed by atoms with Crippen molar-refractivity contribution >= 4 is 17.7 Å². The molecule has 1 amide bonds. The molecule has 1 aliphatic rings. The third kappa shape index (κ3) is 4.95. The van der Waals surface area contributed by atoms with Crippen LogP contribution in [0.25, 0.3) is 0 Å². The average molecular weight is 361 g/mol. The zero-order valence-electron chi connectivity index (χ0n) is 13.3. The molecule has 0 saturated heterocycles. The maximum Gasteiger partial charge on any atom is 0.415 e. The first kappa shape index (κ1) is 17.3. The van der Waals surface area contributed by atoms with Crippen molar-refractivity contribution in [3.05, 3.63) is 41.2 Å². The highest BCUT2D eigenvalue weighted by Crippen LogP contribution is 2.28. The van der Waals surface area contributed by atoms with Crippen molar-refractivity contribution in [2.24, 2.45) is 0 Å². The number of halogens is 1. The van der Waals surface area contributed by atoms with Gasteiger partial charge in [0, 0.05) is 23.0 Å². The summed E-state index contributed by atoms with van der Waals surface area (Å²) in [6.45, 7) is 0. The molecule has 3 N–H and O–H groups in total. The van der Waals surface area contributed by atoms with Gasteiger partial charge in [-0.3, -0.25) is 4.98 Å². The molecule has 2 aromatic rings. The van der Waals surface area contributed by atoms with Crippen LogP contribution < -0.4 is 10.1 Å². The number of aromatic nitrogens is 3. The predicted octanol–water partition coefficient (Wildman–Crippen LogP) is 2.27.